The maximum Gasteiger partial charge on any atom is 0.269 e. The molecule has 170 valence electrons. The summed E-state index contributed by atoms with van der Waals surface area (Å²) in [5.74, 6) is -0.239. The molecular weight excluding hydrogens is 484 g/mol. The summed E-state index contributed by atoms with van der Waals surface area (Å²) in [4.78, 5) is 28.4. The number of benzene rings is 3. The average Bonchev–Trinajstić information content (AvgIpc) is 2.76. The summed E-state index contributed by atoms with van der Waals surface area (Å²) in [6.45, 7) is 4.01. The second-order valence-corrected chi connectivity index (χ2v) is 8.38. The van der Waals surface area contributed by atoms with Crippen LogP contribution in [0.2, 0.25) is 0 Å². The molecule has 0 aliphatic rings. The Kier molecular flexibility index (Phi) is 7.09. The first-order valence-electron chi connectivity index (χ1n) is 10.4. The highest BCUT2D eigenvalue weighted by atomic mass is 79.9. The molecule has 0 aliphatic heterocycles. The van der Waals surface area contributed by atoms with E-state index in [0.717, 1.165) is 27.4 Å². The molecule has 0 radical (unpaired) electrons. The van der Waals surface area contributed by atoms with E-state index < -0.39 is 10.5 Å². The number of amides is 1. The number of fused-ring (bicyclic) bond motifs is 2. The van der Waals surface area contributed by atoms with Crippen LogP contribution in [0.5, 0.6) is 0 Å². The smallest absolute Gasteiger partial charge is 0.269 e. The highest BCUT2D eigenvalue weighted by Crippen LogP contribution is 2.26. The van der Waals surface area contributed by atoms with Crippen molar-refractivity contribution in [1.29, 1.82) is 0 Å². The number of para-hydroxylation sites is 2. The number of rotatable bonds is 6. The molecule has 1 amide bonds. The van der Waals surface area contributed by atoms with Crippen molar-refractivity contribution in [1.82, 2.24) is 10.3 Å². The fourth-order valence-electron chi connectivity index (χ4n) is 3.92. The van der Waals surface area contributed by atoms with Crippen LogP contribution in [-0.4, -0.2) is 22.4 Å². The Balaban J connectivity index is 0.00000306. The molecule has 8 heteroatoms. The highest BCUT2D eigenvalue weighted by Gasteiger charge is 2.21. The van der Waals surface area contributed by atoms with Crippen molar-refractivity contribution in [2.24, 2.45) is 5.73 Å². The van der Waals surface area contributed by atoms with Crippen LogP contribution in [0.3, 0.4) is 0 Å². The summed E-state index contributed by atoms with van der Waals surface area (Å²) in [6, 6.07) is 20.0. The molecule has 3 aromatic carbocycles. The number of non-ortho nitro benzene ring substituents is 1. The van der Waals surface area contributed by atoms with Gasteiger partial charge in [-0.15, -0.1) is 17.0 Å². The maximum atomic E-state index is 13.0. The number of halogens is 1. The molecule has 4 rings (SSSR count). The summed E-state index contributed by atoms with van der Waals surface area (Å²) in [5, 5.41) is 16.0. The fourth-order valence-corrected chi connectivity index (χ4v) is 3.92. The zero-order valence-corrected chi connectivity index (χ0v) is 20.1. The highest BCUT2D eigenvalue weighted by molar-refractivity contribution is 8.93. The number of nitro benzene ring substituents is 1. The van der Waals surface area contributed by atoms with Crippen LogP contribution in [0.4, 0.5) is 5.69 Å². The second kappa shape index (κ2) is 9.64. The minimum Gasteiger partial charge on any atom is -0.352 e. The van der Waals surface area contributed by atoms with Gasteiger partial charge in [0.2, 0.25) is 0 Å². The van der Waals surface area contributed by atoms with Gasteiger partial charge in [0, 0.05) is 35.0 Å². The molecule has 0 aliphatic carbocycles. The topological polar surface area (TPSA) is 111 Å². The van der Waals surface area contributed by atoms with Crippen molar-refractivity contribution >= 4 is 50.4 Å². The molecule has 1 heterocycles. The molecule has 0 saturated carbocycles. The van der Waals surface area contributed by atoms with Gasteiger partial charge in [0.15, 0.2) is 0 Å². The zero-order chi connectivity index (χ0) is 22.9. The quantitative estimate of drug-likeness (QED) is 0.215. The number of hydrogen-bond donors (Lipinski definition) is 2. The van der Waals surface area contributed by atoms with Gasteiger partial charge in [-0.1, -0.05) is 36.4 Å². The van der Waals surface area contributed by atoms with Crippen molar-refractivity contribution in [3.05, 3.63) is 93.5 Å². The van der Waals surface area contributed by atoms with E-state index in [4.69, 9.17) is 10.7 Å². The molecule has 0 bridgehead atoms. The molecule has 33 heavy (non-hydrogen) atoms. The lowest BCUT2D eigenvalue weighted by Crippen LogP contribution is -2.31. The number of nitrogens with zero attached hydrogens (tertiary/aromatic N) is 2. The van der Waals surface area contributed by atoms with Crippen LogP contribution in [0.25, 0.3) is 21.8 Å². The van der Waals surface area contributed by atoms with E-state index in [0.29, 0.717) is 24.0 Å². The Morgan fingerprint density at radius 2 is 1.79 bits per heavy atom. The second-order valence-electron chi connectivity index (χ2n) is 8.38. The third kappa shape index (κ3) is 5.18. The fraction of sp³-hybridized carbons (Fsp3) is 0.200. The van der Waals surface area contributed by atoms with Gasteiger partial charge >= 0.3 is 0 Å². The van der Waals surface area contributed by atoms with Gasteiger partial charge in [0.25, 0.3) is 11.6 Å². The number of pyridine rings is 1. The number of hydrogen-bond acceptors (Lipinski definition) is 5. The van der Waals surface area contributed by atoms with E-state index in [-0.39, 0.29) is 28.6 Å². The standard InChI is InChI=1S/C25H24N4O3.BrH/c1-25(2,26)21-11-10-19(29(31)32)15-16(21)12-13-27-24(30)20-8-5-7-18-14-17-6-3-4-9-22(17)28-23(18)20;/h3-11,14-15H,12-13,26H2,1-2H3,(H,27,30);1H. The summed E-state index contributed by atoms with van der Waals surface area (Å²) in [7, 11) is 0. The van der Waals surface area contributed by atoms with Crippen LogP contribution in [0.15, 0.2) is 66.7 Å². The normalized spacial score (nSPS) is 11.2. The largest absolute Gasteiger partial charge is 0.352 e. The predicted octanol–water partition coefficient (Wildman–Crippen LogP) is 5.04. The average molecular weight is 509 g/mol. The summed E-state index contributed by atoms with van der Waals surface area (Å²) < 4.78 is 0. The number of aromatic nitrogens is 1. The van der Waals surface area contributed by atoms with E-state index in [1.54, 1.807) is 12.1 Å². The van der Waals surface area contributed by atoms with Gasteiger partial charge in [-0.3, -0.25) is 14.9 Å². The minimum absolute atomic E-state index is 0. The Bertz CT molecular complexity index is 1350. The first-order valence-corrected chi connectivity index (χ1v) is 10.4. The lowest BCUT2D eigenvalue weighted by molar-refractivity contribution is -0.384. The Morgan fingerprint density at radius 1 is 1.06 bits per heavy atom. The number of nitrogens with two attached hydrogens (primary N) is 1. The summed E-state index contributed by atoms with van der Waals surface area (Å²) >= 11 is 0. The monoisotopic (exact) mass is 508 g/mol. The van der Waals surface area contributed by atoms with Gasteiger partial charge in [0.05, 0.1) is 21.5 Å². The molecule has 1 aromatic heterocycles. The van der Waals surface area contributed by atoms with E-state index in [9.17, 15) is 14.9 Å². The minimum atomic E-state index is -0.658. The molecule has 0 atom stereocenters. The van der Waals surface area contributed by atoms with Gasteiger partial charge in [-0.25, -0.2) is 4.98 Å². The van der Waals surface area contributed by atoms with Crippen LogP contribution < -0.4 is 11.1 Å². The molecule has 0 saturated heterocycles. The van der Waals surface area contributed by atoms with Crippen LogP contribution in [0.1, 0.15) is 35.3 Å². The Hall–Kier alpha value is -3.36. The SMILES string of the molecule is Br.CC(C)(N)c1ccc([N+](=O)[O-])cc1CCNC(=O)c1cccc2cc3ccccc3nc12. The van der Waals surface area contributed by atoms with Crippen molar-refractivity contribution in [3.63, 3.8) is 0 Å². The van der Waals surface area contributed by atoms with E-state index in [2.05, 4.69) is 5.32 Å². The third-order valence-corrected chi connectivity index (χ3v) is 5.47. The van der Waals surface area contributed by atoms with Crippen molar-refractivity contribution in [3.8, 4) is 0 Å². The first-order chi connectivity index (χ1) is 15.2. The first kappa shape index (κ1) is 24.3. The lowest BCUT2D eigenvalue weighted by Gasteiger charge is -2.23. The van der Waals surface area contributed by atoms with E-state index >= 15 is 0 Å². The number of carbonyl (C=O) groups is 1. The Labute approximate surface area is 201 Å². The van der Waals surface area contributed by atoms with Crippen LogP contribution in [-0.2, 0) is 12.0 Å². The predicted molar refractivity (Wildman–Crippen MR) is 136 cm³/mol. The van der Waals surface area contributed by atoms with Gasteiger partial charge < -0.3 is 11.1 Å². The molecular formula is C25H25BrN4O3. The molecule has 0 fully saturated rings. The number of nitrogens with one attached hydrogen (secondary N) is 1. The lowest BCUT2D eigenvalue weighted by atomic mass is 9.89. The van der Waals surface area contributed by atoms with Gasteiger partial charge in [0.1, 0.15) is 0 Å². The maximum absolute atomic E-state index is 13.0. The summed E-state index contributed by atoms with van der Waals surface area (Å²) in [5.41, 5.74) is 9.11. The number of nitro groups is 1. The molecule has 3 N–H and O–H groups in total. The van der Waals surface area contributed by atoms with Crippen molar-refractivity contribution in [2.45, 2.75) is 25.8 Å². The van der Waals surface area contributed by atoms with Crippen LogP contribution in [0, 0.1) is 10.1 Å². The molecule has 4 aromatic rings. The van der Waals surface area contributed by atoms with E-state index in [1.165, 1.54) is 12.1 Å². The van der Waals surface area contributed by atoms with E-state index in [1.807, 2.05) is 56.3 Å². The molecule has 7 nitrogen and oxygen atoms in total. The number of carbonyl (C=O) groups excluding carboxylic acids is 1. The molecule has 0 spiro atoms. The molecule has 0 unspecified atom stereocenters. The Morgan fingerprint density at radius 3 is 2.52 bits per heavy atom. The van der Waals surface area contributed by atoms with Crippen LogP contribution >= 0.6 is 17.0 Å². The summed E-state index contributed by atoms with van der Waals surface area (Å²) in [6.07, 6.45) is 0.421. The van der Waals surface area contributed by atoms with Gasteiger partial charge in [-0.05, 0) is 49.6 Å². The van der Waals surface area contributed by atoms with Gasteiger partial charge in [-0.2, -0.15) is 0 Å². The zero-order valence-electron chi connectivity index (χ0n) is 18.4. The van der Waals surface area contributed by atoms with Crippen molar-refractivity contribution in [2.75, 3.05) is 6.54 Å². The third-order valence-electron chi connectivity index (χ3n) is 5.47. The van der Waals surface area contributed by atoms with Crippen molar-refractivity contribution < 1.29 is 9.72 Å².